The largest absolute Gasteiger partial charge is 0.457 e. The van der Waals surface area contributed by atoms with Crippen molar-refractivity contribution in [2.75, 3.05) is 0 Å². The lowest BCUT2D eigenvalue weighted by Crippen LogP contribution is -2.18. The molecule has 0 saturated carbocycles. The maximum atomic E-state index is 13.0. The summed E-state index contributed by atoms with van der Waals surface area (Å²) < 4.78 is 18.9. The van der Waals surface area contributed by atoms with Crippen molar-refractivity contribution < 1.29 is 13.6 Å². The fraction of sp³-hybridized carbons (Fsp3) is 0. The molecule has 4 nitrogen and oxygen atoms in total. The summed E-state index contributed by atoms with van der Waals surface area (Å²) in [5.41, 5.74) is 1.53. The average molecular weight is 364 g/mol. The molecular formula is C20H13FN2O2S. The first-order chi connectivity index (χ1) is 12.7. The van der Waals surface area contributed by atoms with Gasteiger partial charge in [-0.2, -0.15) is 0 Å². The van der Waals surface area contributed by atoms with Gasteiger partial charge in [-0.1, -0.05) is 30.3 Å². The lowest BCUT2D eigenvalue weighted by Gasteiger charge is -1.99. The standard InChI is InChI=1S/C20H13FN2O2S/c21-14-6-8-15(9-7-14)22-19-18(26-20(24)23-19)12-16-10-11-17(25-16)13-4-2-1-3-5-13/h1-12H,(H,22,23,24)/b18-12-. The van der Waals surface area contributed by atoms with Gasteiger partial charge in [0.1, 0.15) is 23.2 Å². The molecule has 0 aliphatic carbocycles. The molecule has 2 aromatic carbocycles. The molecule has 1 saturated heterocycles. The third-order valence-electron chi connectivity index (χ3n) is 3.68. The summed E-state index contributed by atoms with van der Waals surface area (Å²) in [6.45, 7) is 0. The highest BCUT2D eigenvalue weighted by Crippen LogP contribution is 2.30. The van der Waals surface area contributed by atoms with Crippen LogP contribution in [0.2, 0.25) is 0 Å². The van der Waals surface area contributed by atoms with Gasteiger partial charge in [-0.05, 0) is 54.2 Å². The van der Waals surface area contributed by atoms with Crippen molar-refractivity contribution in [3.63, 3.8) is 0 Å². The number of aliphatic imine (C=N–C) groups is 1. The molecule has 0 spiro atoms. The zero-order chi connectivity index (χ0) is 17.9. The molecule has 0 bridgehead atoms. The Balaban J connectivity index is 1.64. The van der Waals surface area contributed by atoms with Crippen LogP contribution in [0.15, 0.2) is 81.0 Å². The van der Waals surface area contributed by atoms with Crippen LogP contribution in [-0.4, -0.2) is 11.1 Å². The number of thioether (sulfide) groups is 1. The van der Waals surface area contributed by atoms with Gasteiger partial charge >= 0.3 is 0 Å². The highest BCUT2D eigenvalue weighted by atomic mass is 32.2. The molecule has 26 heavy (non-hydrogen) atoms. The minimum Gasteiger partial charge on any atom is -0.457 e. The Morgan fingerprint density at radius 3 is 2.54 bits per heavy atom. The highest BCUT2D eigenvalue weighted by molar-refractivity contribution is 8.18. The molecule has 4 rings (SSSR count). The maximum Gasteiger partial charge on any atom is 0.289 e. The molecule has 1 aromatic heterocycles. The van der Waals surface area contributed by atoms with Gasteiger partial charge in [0.05, 0.1) is 10.6 Å². The lowest BCUT2D eigenvalue weighted by molar-refractivity contribution is 0.265. The fourth-order valence-electron chi connectivity index (χ4n) is 2.47. The summed E-state index contributed by atoms with van der Waals surface area (Å²) >= 11 is 1.04. The number of nitrogens with one attached hydrogen (secondary N) is 1. The van der Waals surface area contributed by atoms with E-state index in [9.17, 15) is 9.18 Å². The Labute approximate surface area is 153 Å². The number of hydrogen-bond donors (Lipinski definition) is 1. The van der Waals surface area contributed by atoms with Crippen molar-refractivity contribution in [2.45, 2.75) is 0 Å². The van der Waals surface area contributed by atoms with Gasteiger partial charge in [-0.15, -0.1) is 0 Å². The van der Waals surface area contributed by atoms with Crippen LogP contribution in [0.3, 0.4) is 0 Å². The fourth-order valence-corrected chi connectivity index (χ4v) is 3.19. The smallest absolute Gasteiger partial charge is 0.289 e. The molecule has 6 heteroatoms. The van der Waals surface area contributed by atoms with Gasteiger partial charge in [-0.25, -0.2) is 9.38 Å². The molecule has 1 aliphatic heterocycles. The maximum absolute atomic E-state index is 13.0. The number of rotatable bonds is 3. The van der Waals surface area contributed by atoms with Crippen molar-refractivity contribution in [1.29, 1.82) is 0 Å². The molecule has 0 atom stereocenters. The molecular weight excluding hydrogens is 351 g/mol. The minimum absolute atomic E-state index is 0.216. The number of hydrogen-bond acceptors (Lipinski definition) is 4. The first-order valence-corrected chi connectivity index (χ1v) is 8.69. The molecule has 2 heterocycles. The van der Waals surface area contributed by atoms with E-state index in [0.29, 0.717) is 22.2 Å². The predicted molar refractivity (Wildman–Crippen MR) is 102 cm³/mol. The van der Waals surface area contributed by atoms with Crippen LogP contribution < -0.4 is 5.32 Å². The molecule has 128 valence electrons. The van der Waals surface area contributed by atoms with E-state index in [-0.39, 0.29) is 11.1 Å². The quantitative estimate of drug-likeness (QED) is 0.657. The van der Waals surface area contributed by atoms with Gasteiger partial charge in [0.15, 0.2) is 0 Å². The lowest BCUT2D eigenvalue weighted by atomic mass is 10.2. The van der Waals surface area contributed by atoms with E-state index in [2.05, 4.69) is 10.3 Å². The molecule has 1 N–H and O–H groups in total. The van der Waals surface area contributed by atoms with Crippen LogP contribution in [0, 0.1) is 5.82 Å². The highest BCUT2D eigenvalue weighted by Gasteiger charge is 2.24. The number of furan rings is 1. The second kappa shape index (κ2) is 7.01. The molecule has 1 amide bonds. The summed E-state index contributed by atoms with van der Waals surface area (Å²) in [5.74, 6) is 1.45. The predicted octanol–water partition coefficient (Wildman–Crippen LogP) is 5.61. The Kier molecular flexibility index (Phi) is 4.41. The van der Waals surface area contributed by atoms with Gasteiger partial charge in [-0.3, -0.25) is 4.79 Å². The molecule has 3 aromatic rings. The summed E-state index contributed by atoms with van der Waals surface area (Å²) in [6, 6.07) is 19.2. The van der Waals surface area contributed by atoms with E-state index in [1.165, 1.54) is 12.1 Å². The van der Waals surface area contributed by atoms with E-state index < -0.39 is 0 Å². The first kappa shape index (κ1) is 16.4. The van der Waals surface area contributed by atoms with Gasteiger partial charge in [0.25, 0.3) is 5.24 Å². The van der Waals surface area contributed by atoms with Gasteiger partial charge in [0, 0.05) is 5.56 Å². The molecule has 1 aliphatic rings. The summed E-state index contributed by atoms with van der Waals surface area (Å²) in [6.07, 6.45) is 1.76. The van der Waals surface area contributed by atoms with Crippen LogP contribution >= 0.6 is 11.8 Å². The van der Waals surface area contributed by atoms with Crippen LogP contribution in [-0.2, 0) is 0 Å². The van der Waals surface area contributed by atoms with E-state index in [4.69, 9.17) is 4.42 Å². The number of nitrogens with zero attached hydrogens (tertiary/aromatic N) is 1. The third kappa shape index (κ3) is 3.60. The second-order valence-electron chi connectivity index (χ2n) is 5.53. The number of carbonyl (C=O) groups is 1. The zero-order valence-electron chi connectivity index (χ0n) is 13.5. The van der Waals surface area contributed by atoms with Crippen molar-refractivity contribution in [2.24, 2.45) is 4.99 Å². The molecule has 1 fully saturated rings. The Bertz CT molecular complexity index is 1010. The van der Waals surface area contributed by atoms with Crippen molar-refractivity contribution >= 4 is 34.6 Å². The SMILES string of the molecule is O=C1NC(=Nc2ccc(F)cc2)/C(=C/c2ccc(-c3ccccc3)o2)S1. The number of amidine groups is 1. The minimum atomic E-state index is -0.335. The number of carbonyl (C=O) groups excluding carboxylic acids is 1. The van der Waals surface area contributed by atoms with E-state index >= 15 is 0 Å². The summed E-state index contributed by atoms with van der Waals surface area (Å²) in [4.78, 5) is 16.8. The van der Waals surface area contributed by atoms with E-state index in [1.54, 1.807) is 18.2 Å². The summed E-state index contributed by atoms with van der Waals surface area (Å²) in [5, 5.41) is 2.48. The number of halogens is 1. The van der Waals surface area contributed by atoms with Crippen molar-refractivity contribution in [1.82, 2.24) is 5.32 Å². The second-order valence-corrected chi connectivity index (χ2v) is 6.54. The van der Waals surface area contributed by atoms with E-state index in [0.717, 1.165) is 23.1 Å². The molecule has 0 radical (unpaired) electrons. The first-order valence-electron chi connectivity index (χ1n) is 7.88. The molecule has 0 unspecified atom stereocenters. The van der Waals surface area contributed by atoms with Crippen LogP contribution in [0.4, 0.5) is 14.9 Å². The Hall–Kier alpha value is -3.12. The Morgan fingerprint density at radius 2 is 1.77 bits per heavy atom. The third-order valence-corrected chi connectivity index (χ3v) is 4.50. The van der Waals surface area contributed by atoms with Crippen molar-refractivity contribution in [3.8, 4) is 11.3 Å². The number of benzene rings is 2. The van der Waals surface area contributed by atoms with Crippen LogP contribution in [0.5, 0.6) is 0 Å². The topological polar surface area (TPSA) is 54.6 Å². The van der Waals surface area contributed by atoms with Crippen molar-refractivity contribution in [3.05, 3.63) is 83.2 Å². The summed E-state index contributed by atoms with van der Waals surface area (Å²) in [7, 11) is 0. The monoisotopic (exact) mass is 364 g/mol. The van der Waals surface area contributed by atoms with Crippen LogP contribution in [0.1, 0.15) is 5.76 Å². The van der Waals surface area contributed by atoms with Gasteiger partial charge in [0.2, 0.25) is 0 Å². The zero-order valence-corrected chi connectivity index (χ0v) is 14.3. The average Bonchev–Trinajstić information content (AvgIpc) is 3.25. The number of amides is 1. The van der Waals surface area contributed by atoms with E-state index in [1.807, 2.05) is 42.5 Å². The van der Waals surface area contributed by atoms with Crippen LogP contribution in [0.25, 0.3) is 17.4 Å². The Morgan fingerprint density at radius 1 is 1.00 bits per heavy atom. The normalized spacial score (nSPS) is 17.0. The van der Waals surface area contributed by atoms with Gasteiger partial charge < -0.3 is 9.73 Å².